The van der Waals surface area contributed by atoms with Crippen LogP contribution in [-0.4, -0.2) is 23.0 Å². The Morgan fingerprint density at radius 1 is 0.815 bits per heavy atom. The number of carbonyl (C=O) groups is 2. The Kier molecular flexibility index (Phi) is 4.47. The molecule has 3 aromatic carbocycles. The number of nitrogens with one attached hydrogen (secondary N) is 1. The van der Waals surface area contributed by atoms with Crippen LogP contribution in [0.1, 0.15) is 22.6 Å². The molecule has 4 rings (SSSR count). The number of fused-ring (bicyclic) bond motifs is 3. The molecule has 4 nitrogen and oxygen atoms in total. The van der Waals surface area contributed by atoms with E-state index in [0.717, 1.165) is 27.8 Å². The van der Waals surface area contributed by atoms with Crippen LogP contribution in [0.15, 0.2) is 78.9 Å². The molecule has 0 saturated carbocycles. The third-order valence-corrected chi connectivity index (χ3v) is 5.01. The molecule has 0 aromatic heterocycles. The van der Waals surface area contributed by atoms with E-state index in [9.17, 15) is 14.7 Å². The van der Waals surface area contributed by atoms with Gasteiger partial charge < -0.3 is 10.4 Å². The van der Waals surface area contributed by atoms with E-state index in [0.29, 0.717) is 0 Å². The molecule has 4 heteroatoms. The predicted octanol–water partition coefficient (Wildman–Crippen LogP) is 3.61. The standard InChI is InChI=1S/C23H19NO3/c25-20(14-15-8-2-1-3-9-15)24-22(23(26)27)21-18-12-6-4-10-16(18)17-11-5-7-13-19(17)21/h1-13,21-22H,14H2,(H,24,25)(H,26,27)/t22-/m1/s1. The highest BCUT2D eigenvalue weighted by Crippen LogP contribution is 2.46. The van der Waals surface area contributed by atoms with Crippen molar-refractivity contribution in [2.75, 3.05) is 0 Å². The average molecular weight is 357 g/mol. The Balaban J connectivity index is 1.66. The van der Waals surface area contributed by atoms with Gasteiger partial charge in [-0.15, -0.1) is 0 Å². The molecule has 0 spiro atoms. The summed E-state index contributed by atoms with van der Waals surface area (Å²) >= 11 is 0. The quantitative estimate of drug-likeness (QED) is 0.733. The summed E-state index contributed by atoms with van der Waals surface area (Å²) in [6, 6.07) is 23.9. The lowest BCUT2D eigenvalue weighted by Crippen LogP contribution is -2.45. The van der Waals surface area contributed by atoms with Crippen LogP contribution >= 0.6 is 0 Å². The maximum atomic E-state index is 12.5. The predicted molar refractivity (Wildman–Crippen MR) is 103 cm³/mol. The monoisotopic (exact) mass is 357 g/mol. The molecule has 0 radical (unpaired) electrons. The Hall–Kier alpha value is -3.40. The molecule has 27 heavy (non-hydrogen) atoms. The minimum Gasteiger partial charge on any atom is -0.480 e. The SMILES string of the molecule is O=C(Cc1ccccc1)N[C@@H](C(=O)O)C1c2ccccc2-c2ccccc21. The number of hydrogen-bond acceptors (Lipinski definition) is 2. The highest BCUT2D eigenvalue weighted by atomic mass is 16.4. The fourth-order valence-electron chi connectivity index (χ4n) is 3.85. The van der Waals surface area contributed by atoms with E-state index in [1.54, 1.807) is 0 Å². The average Bonchev–Trinajstić information content (AvgIpc) is 3.01. The minimum atomic E-state index is -1.03. The number of amides is 1. The summed E-state index contributed by atoms with van der Waals surface area (Å²) in [6.45, 7) is 0. The first-order valence-electron chi connectivity index (χ1n) is 8.89. The van der Waals surface area contributed by atoms with Gasteiger partial charge in [-0.1, -0.05) is 78.9 Å². The van der Waals surface area contributed by atoms with Crippen LogP contribution in [0.3, 0.4) is 0 Å². The van der Waals surface area contributed by atoms with Gasteiger partial charge in [0.25, 0.3) is 0 Å². The molecule has 0 fully saturated rings. The molecule has 3 aromatic rings. The molecule has 1 amide bonds. The van der Waals surface area contributed by atoms with Crippen LogP contribution in [0.5, 0.6) is 0 Å². The minimum absolute atomic E-state index is 0.153. The Bertz CT molecular complexity index is 952. The Morgan fingerprint density at radius 2 is 1.33 bits per heavy atom. The van der Waals surface area contributed by atoms with Gasteiger partial charge in [0.1, 0.15) is 6.04 Å². The van der Waals surface area contributed by atoms with Gasteiger partial charge in [-0.2, -0.15) is 0 Å². The van der Waals surface area contributed by atoms with E-state index in [2.05, 4.69) is 5.32 Å². The number of benzene rings is 3. The van der Waals surface area contributed by atoms with Gasteiger partial charge in [-0.05, 0) is 27.8 Å². The highest BCUT2D eigenvalue weighted by Gasteiger charge is 2.38. The summed E-state index contributed by atoms with van der Waals surface area (Å²) < 4.78 is 0. The van der Waals surface area contributed by atoms with E-state index < -0.39 is 17.9 Å². The van der Waals surface area contributed by atoms with Gasteiger partial charge in [0, 0.05) is 5.92 Å². The third-order valence-electron chi connectivity index (χ3n) is 5.01. The summed E-state index contributed by atoms with van der Waals surface area (Å²) in [5.74, 6) is -1.74. The first-order chi connectivity index (χ1) is 13.1. The van der Waals surface area contributed by atoms with E-state index in [4.69, 9.17) is 0 Å². The maximum Gasteiger partial charge on any atom is 0.327 e. The number of carboxylic acid groups (broad SMARTS) is 1. The van der Waals surface area contributed by atoms with E-state index in [-0.39, 0.29) is 12.3 Å². The van der Waals surface area contributed by atoms with Gasteiger partial charge in [0.05, 0.1) is 6.42 Å². The van der Waals surface area contributed by atoms with Crippen molar-refractivity contribution in [2.24, 2.45) is 0 Å². The van der Waals surface area contributed by atoms with Crippen molar-refractivity contribution in [3.63, 3.8) is 0 Å². The Labute approximate surface area is 157 Å². The number of rotatable bonds is 5. The van der Waals surface area contributed by atoms with Crippen LogP contribution in [0.25, 0.3) is 11.1 Å². The van der Waals surface area contributed by atoms with Crippen molar-refractivity contribution in [1.29, 1.82) is 0 Å². The first-order valence-corrected chi connectivity index (χ1v) is 8.89. The van der Waals surface area contributed by atoms with Crippen molar-refractivity contribution in [3.05, 3.63) is 95.6 Å². The molecule has 0 heterocycles. The zero-order valence-corrected chi connectivity index (χ0v) is 14.6. The fraction of sp³-hybridized carbons (Fsp3) is 0.130. The summed E-state index contributed by atoms with van der Waals surface area (Å²) in [5, 5.41) is 12.6. The normalized spacial score (nSPS) is 13.5. The lowest BCUT2D eigenvalue weighted by atomic mass is 9.89. The summed E-state index contributed by atoms with van der Waals surface area (Å²) in [5.41, 5.74) is 4.78. The van der Waals surface area contributed by atoms with Crippen LogP contribution < -0.4 is 5.32 Å². The molecule has 0 unspecified atom stereocenters. The molecule has 134 valence electrons. The van der Waals surface area contributed by atoms with Gasteiger partial charge in [0.15, 0.2) is 0 Å². The number of carboxylic acids is 1. The second-order valence-corrected chi connectivity index (χ2v) is 6.70. The second-order valence-electron chi connectivity index (χ2n) is 6.70. The van der Waals surface area contributed by atoms with Gasteiger partial charge >= 0.3 is 5.97 Å². The molecule has 1 aliphatic rings. The van der Waals surface area contributed by atoms with Crippen LogP contribution in [0.4, 0.5) is 0 Å². The zero-order valence-electron chi connectivity index (χ0n) is 14.6. The lowest BCUT2D eigenvalue weighted by Gasteiger charge is -2.23. The van der Waals surface area contributed by atoms with Gasteiger partial charge in [-0.3, -0.25) is 4.79 Å². The summed E-state index contributed by atoms with van der Waals surface area (Å²) in [6.07, 6.45) is 0.153. The van der Waals surface area contributed by atoms with E-state index in [1.165, 1.54) is 0 Å². The number of aliphatic carboxylic acids is 1. The molecule has 0 bridgehead atoms. The third kappa shape index (κ3) is 3.22. The van der Waals surface area contributed by atoms with E-state index in [1.807, 2.05) is 78.9 Å². The van der Waals surface area contributed by atoms with Crippen LogP contribution in [0.2, 0.25) is 0 Å². The van der Waals surface area contributed by atoms with Crippen LogP contribution in [0, 0.1) is 0 Å². The molecule has 1 aliphatic carbocycles. The van der Waals surface area contributed by atoms with Gasteiger partial charge in [-0.25, -0.2) is 4.79 Å². The van der Waals surface area contributed by atoms with Crippen molar-refractivity contribution in [1.82, 2.24) is 5.32 Å². The van der Waals surface area contributed by atoms with Crippen molar-refractivity contribution in [3.8, 4) is 11.1 Å². The van der Waals surface area contributed by atoms with E-state index >= 15 is 0 Å². The largest absolute Gasteiger partial charge is 0.480 e. The van der Waals surface area contributed by atoms with Crippen molar-refractivity contribution < 1.29 is 14.7 Å². The van der Waals surface area contributed by atoms with Gasteiger partial charge in [0.2, 0.25) is 5.91 Å². The molecular formula is C23H19NO3. The lowest BCUT2D eigenvalue weighted by molar-refractivity contribution is -0.142. The zero-order chi connectivity index (χ0) is 18.8. The smallest absolute Gasteiger partial charge is 0.327 e. The van der Waals surface area contributed by atoms with Crippen molar-refractivity contribution in [2.45, 2.75) is 18.4 Å². The second kappa shape index (κ2) is 7.08. The van der Waals surface area contributed by atoms with Crippen LogP contribution in [-0.2, 0) is 16.0 Å². The topological polar surface area (TPSA) is 66.4 Å². The summed E-state index contributed by atoms with van der Waals surface area (Å²) in [4.78, 5) is 24.6. The summed E-state index contributed by atoms with van der Waals surface area (Å²) in [7, 11) is 0. The first kappa shape index (κ1) is 17.0. The molecule has 0 saturated heterocycles. The Morgan fingerprint density at radius 3 is 1.89 bits per heavy atom. The number of carbonyl (C=O) groups excluding carboxylic acids is 1. The van der Waals surface area contributed by atoms with Crippen molar-refractivity contribution >= 4 is 11.9 Å². The maximum absolute atomic E-state index is 12.5. The molecule has 0 aliphatic heterocycles. The highest BCUT2D eigenvalue weighted by molar-refractivity contribution is 5.89. The molecular weight excluding hydrogens is 338 g/mol. The number of hydrogen-bond donors (Lipinski definition) is 2. The molecule has 2 N–H and O–H groups in total. The molecule has 1 atom stereocenters. The fourth-order valence-corrected chi connectivity index (χ4v) is 3.85.